The summed E-state index contributed by atoms with van der Waals surface area (Å²) in [5, 5.41) is 12.7. The number of halogens is 1. The molecule has 2 N–H and O–H groups in total. The molecule has 0 aliphatic carbocycles. The number of phenols is 1. The Morgan fingerprint density at radius 3 is 2.59 bits per heavy atom. The Bertz CT molecular complexity index is 879. The van der Waals surface area contributed by atoms with E-state index in [1.54, 1.807) is 13.0 Å². The molecule has 0 unspecified atom stereocenters. The summed E-state index contributed by atoms with van der Waals surface area (Å²) < 4.78 is 10.8. The van der Waals surface area contributed by atoms with Gasteiger partial charge in [0.15, 0.2) is 6.61 Å². The number of carbonyl (C=O) groups excluding carboxylic acids is 2. The summed E-state index contributed by atoms with van der Waals surface area (Å²) in [4.78, 5) is 26.6. The van der Waals surface area contributed by atoms with Crippen molar-refractivity contribution in [1.82, 2.24) is 4.90 Å². The first-order chi connectivity index (χ1) is 13.9. The first-order valence-electron chi connectivity index (χ1n) is 9.27. The molecule has 0 bridgehead atoms. The normalized spacial score (nSPS) is 14.4. The molecule has 0 atom stereocenters. The number of amides is 1. The maximum absolute atomic E-state index is 12.2. The van der Waals surface area contributed by atoms with Gasteiger partial charge in [0.05, 0.1) is 17.7 Å². The SMILES string of the molecule is Cc1cc(Br)c(O)c(C(=O)OCC(=O)Nc2ccc(CN3CCOCC3)cc2)c1. The topological polar surface area (TPSA) is 88.1 Å². The molecular weight excluding hydrogens is 440 g/mol. The number of carbonyl (C=O) groups is 2. The zero-order valence-corrected chi connectivity index (χ0v) is 17.7. The van der Waals surface area contributed by atoms with E-state index in [1.165, 1.54) is 6.07 Å². The monoisotopic (exact) mass is 462 g/mol. The lowest BCUT2D eigenvalue weighted by Gasteiger charge is -2.26. The minimum atomic E-state index is -0.761. The van der Waals surface area contributed by atoms with Crippen molar-refractivity contribution in [2.45, 2.75) is 13.5 Å². The number of esters is 1. The Balaban J connectivity index is 1.49. The highest BCUT2D eigenvalue weighted by atomic mass is 79.9. The van der Waals surface area contributed by atoms with Gasteiger partial charge in [0.25, 0.3) is 5.91 Å². The van der Waals surface area contributed by atoms with Gasteiger partial charge in [0, 0.05) is 25.3 Å². The number of hydrogen-bond acceptors (Lipinski definition) is 6. The zero-order valence-electron chi connectivity index (χ0n) is 16.1. The second-order valence-electron chi connectivity index (χ2n) is 6.85. The van der Waals surface area contributed by atoms with Crippen LogP contribution < -0.4 is 5.32 Å². The molecule has 2 aromatic rings. The number of phenolic OH excluding ortho intramolecular Hbond substituents is 1. The Morgan fingerprint density at radius 2 is 1.90 bits per heavy atom. The molecule has 0 saturated carbocycles. The number of nitrogens with one attached hydrogen (secondary N) is 1. The van der Waals surface area contributed by atoms with Crippen molar-refractivity contribution in [3.63, 3.8) is 0 Å². The fourth-order valence-corrected chi connectivity index (χ4v) is 3.58. The lowest BCUT2D eigenvalue weighted by Crippen LogP contribution is -2.35. The van der Waals surface area contributed by atoms with E-state index in [4.69, 9.17) is 9.47 Å². The third-order valence-electron chi connectivity index (χ3n) is 4.51. The van der Waals surface area contributed by atoms with Crippen LogP contribution in [-0.4, -0.2) is 54.8 Å². The number of aryl methyl sites for hydroxylation is 1. The molecule has 1 fully saturated rings. The number of morpholine rings is 1. The van der Waals surface area contributed by atoms with Crippen LogP contribution in [0.5, 0.6) is 5.75 Å². The maximum Gasteiger partial charge on any atom is 0.342 e. The molecule has 3 rings (SSSR count). The molecule has 8 heteroatoms. The summed E-state index contributed by atoms with van der Waals surface area (Å²) in [6.07, 6.45) is 0. The van der Waals surface area contributed by atoms with Crippen LogP contribution in [0.15, 0.2) is 40.9 Å². The van der Waals surface area contributed by atoms with E-state index in [0.717, 1.165) is 44.0 Å². The molecule has 0 spiro atoms. The van der Waals surface area contributed by atoms with E-state index in [-0.39, 0.29) is 11.3 Å². The Morgan fingerprint density at radius 1 is 1.21 bits per heavy atom. The van der Waals surface area contributed by atoms with E-state index in [1.807, 2.05) is 24.3 Å². The molecule has 1 aliphatic rings. The smallest absolute Gasteiger partial charge is 0.342 e. The largest absolute Gasteiger partial charge is 0.506 e. The quantitative estimate of drug-likeness (QED) is 0.641. The minimum absolute atomic E-state index is 0.0112. The Hall–Kier alpha value is -2.42. The molecule has 154 valence electrons. The molecule has 1 heterocycles. The predicted octanol–water partition coefficient (Wildman–Crippen LogP) is 3.09. The number of hydrogen-bond donors (Lipinski definition) is 2. The van der Waals surface area contributed by atoms with Crippen molar-refractivity contribution >= 4 is 33.5 Å². The number of ether oxygens (including phenoxy) is 2. The fourth-order valence-electron chi connectivity index (χ4n) is 3.01. The average molecular weight is 463 g/mol. The number of rotatable bonds is 6. The van der Waals surface area contributed by atoms with E-state index >= 15 is 0 Å². The molecule has 7 nitrogen and oxygen atoms in total. The van der Waals surface area contributed by atoms with Crippen LogP contribution in [0, 0.1) is 6.92 Å². The van der Waals surface area contributed by atoms with Gasteiger partial charge in [-0.1, -0.05) is 12.1 Å². The Kier molecular flexibility index (Phi) is 7.24. The second kappa shape index (κ2) is 9.87. The van der Waals surface area contributed by atoms with Gasteiger partial charge < -0.3 is 19.9 Å². The van der Waals surface area contributed by atoms with Crippen LogP contribution in [0.2, 0.25) is 0 Å². The van der Waals surface area contributed by atoms with Crippen LogP contribution in [0.3, 0.4) is 0 Å². The van der Waals surface area contributed by atoms with Crippen molar-refractivity contribution in [3.05, 3.63) is 57.6 Å². The van der Waals surface area contributed by atoms with Crippen LogP contribution >= 0.6 is 15.9 Å². The van der Waals surface area contributed by atoms with Gasteiger partial charge in [-0.25, -0.2) is 4.79 Å². The molecular formula is C21H23BrN2O5. The van der Waals surface area contributed by atoms with E-state index in [9.17, 15) is 14.7 Å². The van der Waals surface area contributed by atoms with Gasteiger partial charge in [0.1, 0.15) is 11.3 Å². The van der Waals surface area contributed by atoms with Crippen molar-refractivity contribution in [2.24, 2.45) is 0 Å². The first-order valence-corrected chi connectivity index (χ1v) is 10.1. The second-order valence-corrected chi connectivity index (χ2v) is 7.71. The van der Waals surface area contributed by atoms with E-state index in [2.05, 4.69) is 26.1 Å². The van der Waals surface area contributed by atoms with E-state index in [0.29, 0.717) is 10.2 Å². The third kappa shape index (κ3) is 6.03. The first kappa shape index (κ1) is 21.3. The van der Waals surface area contributed by atoms with Gasteiger partial charge in [-0.2, -0.15) is 0 Å². The van der Waals surface area contributed by atoms with Crippen molar-refractivity contribution in [2.75, 3.05) is 38.2 Å². The number of nitrogens with zero attached hydrogens (tertiary/aromatic N) is 1. The molecule has 1 aliphatic heterocycles. The summed E-state index contributed by atoms with van der Waals surface area (Å²) in [6, 6.07) is 10.7. The van der Waals surface area contributed by atoms with Crippen LogP contribution in [0.25, 0.3) is 0 Å². The predicted molar refractivity (Wildman–Crippen MR) is 112 cm³/mol. The lowest BCUT2D eigenvalue weighted by molar-refractivity contribution is -0.119. The van der Waals surface area contributed by atoms with Gasteiger partial charge in [-0.05, 0) is 58.2 Å². The van der Waals surface area contributed by atoms with Crippen LogP contribution in [0.1, 0.15) is 21.5 Å². The third-order valence-corrected chi connectivity index (χ3v) is 5.11. The molecule has 0 radical (unpaired) electrons. The number of aromatic hydroxyl groups is 1. The Labute approximate surface area is 177 Å². The highest BCUT2D eigenvalue weighted by Crippen LogP contribution is 2.29. The molecule has 1 amide bonds. The van der Waals surface area contributed by atoms with Gasteiger partial charge in [0.2, 0.25) is 0 Å². The van der Waals surface area contributed by atoms with Gasteiger partial charge >= 0.3 is 5.97 Å². The lowest BCUT2D eigenvalue weighted by atomic mass is 10.1. The molecule has 1 saturated heterocycles. The molecule has 0 aromatic heterocycles. The van der Waals surface area contributed by atoms with Crippen molar-refractivity contribution < 1.29 is 24.2 Å². The summed E-state index contributed by atoms with van der Waals surface area (Å²) in [5.74, 6) is -1.43. The number of benzene rings is 2. The molecule has 29 heavy (non-hydrogen) atoms. The zero-order chi connectivity index (χ0) is 20.8. The van der Waals surface area contributed by atoms with Gasteiger partial charge in [-0.3, -0.25) is 9.69 Å². The van der Waals surface area contributed by atoms with Gasteiger partial charge in [-0.15, -0.1) is 0 Å². The maximum atomic E-state index is 12.2. The van der Waals surface area contributed by atoms with Crippen LogP contribution in [0.4, 0.5) is 5.69 Å². The molecule has 2 aromatic carbocycles. The summed E-state index contributed by atoms with van der Waals surface area (Å²) >= 11 is 3.18. The summed E-state index contributed by atoms with van der Waals surface area (Å²) in [7, 11) is 0. The standard InChI is InChI=1S/C21H23BrN2O5/c1-14-10-17(20(26)18(22)11-14)21(27)29-13-19(25)23-16-4-2-15(3-5-16)12-24-6-8-28-9-7-24/h2-5,10-11,26H,6-9,12-13H2,1H3,(H,23,25). The fraction of sp³-hybridized carbons (Fsp3) is 0.333. The van der Waals surface area contributed by atoms with E-state index < -0.39 is 18.5 Å². The summed E-state index contributed by atoms with van der Waals surface area (Å²) in [5.41, 5.74) is 2.56. The van der Waals surface area contributed by atoms with Crippen molar-refractivity contribution in [1.29, 1.82) is 0 Å². The average Bonchev–Trinajstić information content (AvgIpc) is 2.71. The van der Waals surface area contributed by atoms with Crippen LogP contribution in [-0.2, 0) is 20.8 Å². The number of anilines is 1. The minimum Gasteiger partial charge on any atom is -0.506 e. The van der Waals surface area contributed by atoms with Crippen molar-refractivity contribution in [3.8, 4) is 5.75 Å². The summed E-state index contributed by atoms with van der Waals surface area (Å²) in [6.45, 7) is 5.52. The highest BCUT2D eigenvalue weighted by molar-refractivity contribution is 9.10. The highest BCUT2D eigenvalue weighted by Gasteiger charge is 2.17.